The first-order chi connectivity index (χ1) is 16.5. The smallest absolute Gasteiger partial charge is 0.327 e. The first-order valence-electron chi connectivity index (χ1n) is 10.3. The topological polar surface area (TPSA) is 86.5 Å². The van der Waals surface area contributed by atoms with Gasteiger partial charge in [0.05, 0.1) is 4.92 Å². The molecule has 1 N–H and O–H groups in total. The predicted molar refractivity (Wildman–Crippen MR) is 128 cm³/mol. The second-order valence-electron chi connectivity index (χ2n) is 7.30. The number of benzene rings is 3. The summed E-state index contributed by atoms with van der Waals surface area (Å²) in [6, 6.07) is 24.8. The van der Waals surface area contributed by atoms with Crippen molar-refractivity contribution in [2.75, 3.05) is 5.32 Å². The highest BCUT2D eigenvalue weighted by molar-refractivity contribution is 6.33. The molecule has 0 aliphatic carbocycles. The number of hydrogen-bond donors (Lipinski definition) is 1. The van der Waals surface area contributed by atoms with Crippen LogP contribution < -0.4 is 20.3 Å². The Morgan fingerprint density at radius 1 is 0.853 bits per heavy atom. The molecule has 0 aliphatic rings. The fourth-order valence-corrected chi connectivity index (χ4v) is 3.17. The number of anilines is 2. The molecule has 0 bridgehead atoms. The van der Waals surface area contributed by atoms with Crippen LogP contribution in [0.2, 0.25) is 0 Å². The molecule has 9 heteroatoms. The second-order valence-corrected chi connectivity index (χ2v) is 7.30. The van der Waals surface area contributed by atoms with Crippen molar-refractivity contribution < 1.29 is 18.8 Å². The Kier molecular flexibility index (Phi) is 7.02. The van der Waals surface area contributed by atoms with Crippen molar-refractivity contribution in [1.29, 1.82) is 0 Å². The number of nitrogens with one attached hydrogen (secondary N) is 1. The van der Waals surface area contributed by atoms with E-state index in [1.165, 1.54) is 12.1 Å². The van der Waals surface area contributed by atoms with Crippen LogP contribution in [-0.2, 0) is 13.2 Å². The van der Waals surface area contributed by atoms with E-state index in [2.05, 4.69) is 10.3 Å². The predicted octanol–water partition coefficient (Wildman–Crippen LogP) is 4.82. The molecule has 0 fully saturated rings. The maximum Gasteiger partial charge on any atom is 0.327 e. The van der Waals surface area contributed by atoms with E-state index in [0.717, 1.165) is 11.1 Å². The molecule has 0 unspecified atom stereocenters. The minimum atomic E-state index is -1.11. The lowest BCUT2D eigenvalue weighted by Gasteiger charge is -2.15. The molecule has 0 saturated carbocycles. The van der Waals surface area contributed by atoms with Gasteiger partial charge in [0.15, 0.2) is 5.82 Å². The molecule has 2 radical (unpaired) electrons. The molecule has 0 spiro atoms. The van der Waals surface area contributed by atoms with E-state index < -0.39 is 16.4 Å². The zero-order chi connectivity index (χ0) is 23.9. The third-order valence-electron chi connectivity index (χ3n) is 4.88. The van der Waals surface area contributed by atoms with Gasteiger partial charge < -0.3 is 14.8 Å². The van der Waals surface area contributed by atoms with Gasteiger partial charge in [0.1, 0.15) is 32.4 Å². The monoisotopic (exact) mass is 455 g/mol. The van der Waals surface area contributed by atoms with Crippen LogP contribution in [-0.4, -0.2) is 17.8 Å². The highest BCUT2D eigenvalue weighted by Gasteiger charge is 2.23. The molecule has 0 amide bonds. The SMILES string of the molecule is [B]c1ccc(Nc2ccc(OCc3ccccc3)nc2OCc2ccccc2)c([N+](=O)[O-])c1F. The molecule has 168 valence electrons. The Morgan fingerprint density at radius 2 is 1.44 bits per heavy atom. The van der Waals surface area contributed by atoms with Gasteiger partial charge in [-0.15, -0.1) is 0 Å². The van der Waals surface area contributed by atoms with E-state index in [-0.39, 0.29) is 23.6 Å². The zero-order valence-electron chi connectivity index (χ0n) is 18.0. The van der Waals surface area contributed by atoms with Crippen molar-refractivity contribution in [2.45, 2.75) is 13.2 Å². The van der Waals surface area contributed by atoms with E-state index in [9.17, 15) is 14.5 Å². The van der Waals surface area contributed by atoms with E-state index in [1.54, 1.807) is 12.1 Å². The van der Waals surface area contributed by atoms with Gasteiger partial charge in [-0.3, -0.25) is 10.1 Å². The van der Waals surface area contributed by atoms with Gasteiger partial charge in [-0.2, -0.15) is 9.37 Å². The molecule has 4 aromatic rings. The van der Waals surface area contributed by atoms with Gasteiger partial charge in [-0.1, -0.05) is 72.2 Å². The standard InChI is InChI=1S/C25H19BFN3O4/c26-19-11-12-20(24(23(19)27)30(31)32)28-21-13-14-22(33-15-17-7-3-1-4-8-17)29-25(21)34-16-18-9-5-2-6-10-18/h1-14,28H,15-16H2. The quantitative estimate of drug-likeness (QED) is 0.221. The molecule has 3 aromatic carbocycles. The summed E-state index contributed by atoms with van der Waals surface area (Å²) >= 11 is 0. The molecule has 1 heterocycles. The van der Waals surface area contributed by atoms with Crippen LogP contribution in [0.5, 0.6) is 11.8 Å². The maximum atomic E-state index is 14.3. The fourth-order valence-electron chi connectivity index (χ4n) is 3.17. The highest BCUT2D eigenvalue weighted by atomic mass is 19.1. The fraction of sp³-hybridized carbons (Fsp3) is 0.0800. The lowest BCUT2D eigenvalue weighted by Crippen LogP contribution is -2.13. The zero-order valence-corrected chi connectivity index (χ0v) is 18.0. The van der Waals surface area contributed by atoms with Crippen molar-refractivity contribution in [1.82, 2.24) is 4.98 Å². The average Bonchev–Trinajstić information content (AvgIpc) is 2.86. The molecular formula is C25H19BFN3O4. The number of nitro benzene ring substituents is 1. The van der Waals surface area contributed by atoms with Crippen molar-refractivity contribution in [3.63, 3.8) is 0 Å². The number of pyridine rings is 1. The Labute approximate surface area is 196 Å². The van der Waals surface area contributed by atoms with Crippen molar-refractivity contribution in [2.24, 2.45) is 0 Å². The number of aromatic nitrogens is 1. The van der Waals surface area contributed by atoms with Crippen molar-refractivity contribution in [3.8, 4) is 11.8 Å². The summed E-state index contributed by atoms with van der Waals surface area (Å²) in [7, 11) is 5.50. The Bertz CT molecular complexity index is 1290. The number of nitro groups is 1. The molecule has 34 heavy (non-hydrogen) atoms. The minimum Gasteiger partial charge on any atom is -0.473 e. The van der Waals surface area contributed by atoms with Crippen LogP contribution in [0.3, 0.4) is 0 Å². The first kappa shape index (κ1) is 22.8. The molecule has 0 atom stereocenters. The van der Waals surface area contributed by atoms with Crippen LogP contribution in [0.1, 0.15) is 11.1 Å². The number of halogens is 1. The Balaban J connectivity index is 1.62. The molecule has 1 aromatic heterocycles. The molecule has 4 rings (SSSR count). The summed E-state index contributed by atoms with van der Waals surface area (Å²) in [5, 5.41) is 14.3. The van der Waals surface area contributed by atoms with Gasteiger partial charge in [0, 0.05) is 6.07 Å². The number of hydrogen-bond acceptors (Lipinski definition) is 6. The molecule has 0 aliphatic heterocycles. The van der Waals surface area contributed by atoms with E-state index in [1.807, 2.05) is 60.7 Å². The third-order valence-corrected chi connectivity index (χ3v) is 4.88. The summed E-state index contributed by atoms with van der Waals surface area (Å²) in [5.74, 6) is -0.672. The first-order valence-corrected chi connectivity index (χ1v) is 10.3. The highest BCUT2D eigenvalue weighted by Crippen LogP contribution is 2.34. The lowest BCUT2D eigenvalue weighted by atomic mass is 9.94. The van der Waals surface area contributed by atoms with Crippen LogP contribution >= 0.6 is 0 Å². The number of rotatable bonds is 9. The van der Waals surface area contributed by atoms with Gasteiger partial charge in [-0.05, 0) is 23.3 Å². The average molecular weight is 455 g/mol. The summed E-state index contributed by atoms with van der Waals surface area (Å²) in [6.07, 6.45) is 0. The molecular weight excluding hydrogens is 436 g/mol. The van der Waals surface area contributed by atoms with Crippen LogP contribution in [0.15, 0.2) is 84.9 Å². The normalized spacial score (nSPS) is 10.5. The summed E-state index contributed by atoms with van der Waals surface area (Å²) in [5.41, 5.74) is 0.997. The lowest BCUT2D eigenvalue weighted by molar-refractivity contribution is -0.386. The van der Waals surface area contributed by atoms with Gasteiger partial charge >= 0.3 is 5.69 Å². The molecule has 7 nitrogen and oxygen atoms in total. The van der Waals surface area contributed by atoms with E-state index in [4.69, 9.17) is 17.3 Å². The molecule has 0 saturated heterocycles. The Hall–Kier alpha value is -4.40. The van der Waals surface area contributed by atoms with Crippen LogP contribution in [0, 0.1) is 15.9 Å². The van der Waals surface area contributed by atoms with Crippen LogP contribution in [0.25, 0.3) is 0 Å². The Morgan fingerprint density at radius 3 is 2.06 bits per heavy atom. The second kappa shape index (κ2) is 10.5. The van der Waals surface area contributed by atoms with Crippen molar-refractivity contribution in [3.05, 3.63) is 112 Å². The third kappa shape index (κ3) is 5.50. The van der Waals surface area contributed by atoms with Gasteiger partial charge in [-0.25, -0.2) is 0 Å². The maximum absolute atomic E-state index is 14.3. The minimum absolute atomic E-state index is 0.0824. The van der Waals surface area contributed by atoms with E-state index >= 15 is 0 Å². The number of ether oxygens (including phenoxy) is 2. The van der Waals surface area contributed by atoms with Crippen LogP contribution in [0.4, 0.5) is 21.5 Å². The summed E-state index contributed by atoms with van der Waals surface area (Å²) in [6.45, 7) is 0.496. The van der Waals surface area contributed by atoms with Crippen molar-refractivity contribution >= 4 is 30.4 Å². The number of nitrogens with zero attached hydrogens (tertiary/aromatic N) is 2. The summed E-state index contributed by atoms with van der Waals surface area (Å²) < 4.78 is 26.0. The van der Waals surface area contributed by atoms with E-state index in [0.29, 0.717) is 18.2 Å². The largest absolute Gasteiger partial charge is 0.473 e. The van der Waals surface area contributed by atoms with Gasteiger partial charge in [0.25, 0.3) is 0 Å². The summed E-state index contributed by atoms with van der Waals surface area (Å²) in [4.78, 5) is 15.0. The van der Waals surface area contributed by atoms with Gasteiger partial charge in [0.2, 0.25) is 11.8 Å².